The monoisotopic (exact) mass is 243 g/mol. The molecule has 1 aliphatic rings. The third-order valence-electron chi connectivity index (χ3n) is 3.43. The fraction of sp³-hybridized carbons (Fsp3) is 0.917. The summed E-state index contributed by atoms with van der Waals surface area (Å²) in [5.41, 5.74) is 0. The molecule has 0 aromatic rings. The molecular formula is C12H25N3O2. The van der Waals surface area contributed by atoms with Crippen LogP contribution in [-0.2, 0) is 4.79 Å². The van der Waals surface area contributed by atoms with E-state index in [0.29, 0.717) is 12.5 Å². The Morgan fingerprint density at radius 1 is 1.65 bits per heavy atom. The Balaban J connectivity index is 2.32. The lowest BCUT2D eigenvalue weighted by molar-refractivity contribution is -0.139. The van der Waals surface area contributed by atoms with E-state index in [1.54, 1.807) is 7.05 Å². The molecule has 1 aliphatic heterocycles. The van der Waals surface area contributed by atoms with Gasteiger partial charge in [0.05, 0.1) is 0 Å². The lowest BCUT2D eigenvalue weighted by Gasteiger charge is -2.33. The predicted octanol–water partition coefficient (Wildman–Crippen LogP) is -0.0674. The smallest absolute Gasteiger partial charge is 0.322 e. The van der Waals surface area contributed by atoms with E-state index in [1.165, 1.54) is 19.4 Å². The molecule has 0 radical (unpaired) electrons. The summed E-state index contributed by atoms with van der Waals surface area (Å²) in [6.07, 6.45) is 2.51. The van der Waals surface area contributed by atoms with Gasteiger partial charge in [-0.05, 0) is 46.4 Å². The quantitative estimate of drug-likeness (QED) is 0.684. The van der Waals surface area contributed by atoms with Crippen LogP contribution in [0.5, 0.6) is 0 Å². The molecule has 2 unspecified atom stereocenters. The summed E-state index contributed by atoms with van der Waals surface area (Å²) in [6, 6.07) is -0.471. The van der Waals surface area contributed by atoms with Crippen molar-refractivity contribution in [3.8, 4) is 0 Å². The zero-order chi connectivity index (χ0) is 12.8. The highest BCUT2D eigenvalue weighted by Gasteiger charge is 2.21. The number of likely N-dealkylation sites (N-methyl/N-ethyl adjacent to an activating group) is 2. The summed E-state index contributed by atoms with van der Waals surface area (Å²) in [6.45, 7) is 3.86. The van der Waals surface area contributed by atoms with Gasteiger partial charge in [-0.2, -0.15) is 0 Å². The number of hydrogen-bond acceptors (Lipinski definition) is 4. The van der Waals surface area contributed by atoms with Crippen molar-refractivity contribution in [1.29, 1.82) is 0 Å². The van der Waals surface area contributed by atoms with Crippen molar-refractivity contribution in [2.45, 2.75) is 18.9 Å². The molecule has 17 heavy (non-hydrogen) atoms. The van der Waals surface area contributed by atoms with Crippen molar-refractivity contribution in [3.05, 3.63) is 0 Å². The molecule has 0 aliphatic carbocycles. The van der Waals surface area contributed by atoms with Crippen molar-refractivity contribution in [3.63, 3.8) is 0 Å². The highest BCUT2D eigenvalue weighted by Crippen LogP contribution is 2.15. The number of carboxylic acid groups (broad SMARTS) is 1. The minimum Gasteiger partial charge on any atom is -0.480 e. The van der Waals surface area contributed by atoms with Crippen LogP contribution in [0.2, 0.25) is 0 Å². The summed E-state index contributed by atoms with van der Waals surface area (Å²) >= 11 is 0. The molecule has 5 heteroatoms. The van der Waals surface area contributed by atoms with Gasteiger partial charge in [-0.25, -0.2) is 0 Å². The molecule has 5 nitrogen and oxygen atoms in total. The number of aliphatic carboxylic acids is 1. The number of piperidine rings is 1. The van der Waals surface area contributed by atoms with E-state index in [0.717, 1.165) is 13.1 Å². The predicted molar refractivity (Wildman–Crippen MR) is 68.2 cm³/mol. The average molecular weight is 243 g/mol. The lowest BCUT2D eigenvalue weighted by atomic mass is 9.98. The molecule has 1 fully saturated rings. The summed E-state index contributed by atoms with van der Waals surface area (Å²) in [5.74, 6) is -0.106. The van der Waals surface area contributed by atoms with Gasteiger partial charge in [0.15, 0.2) is 0 Å². The van der Waals surface area contributed by atoms with Gasteiger partial charge >= 0.3 is 5.97 Å². The van der Waals surface area contributed by atoms with E-state index in [1.807, 2.05) is 7.05 Å². The maximum atomic E-state index is 10.9. The number of likely N-dealkylation sites (tertiary alicyclic amines) is 1. The summed E-state index contributed by atoms with van der Waals surface area (Å²) in [4.78, 5) is 15.4. The molecule has 1 saturated heterocycles. The molecule has 100 valence electrons. The van der Waals surface area contributed by atoms with E-state index in [9.17, 15) is 4.79 Å². The van der Waals surface area contributed by atoms with Gasteiger partial charge < -0.3 is 20.2 Å². The summed E-state index contributed by atoms with van der Waals surface area (Å²) in [7, 11) is 5.85. The third kappa shape index (κ3) is 5.02. The minimum atomic E-state index is -0.778. The molecular weight excluding hydrogens is 218 g/mol. The maximum Gasteiger partial charge on any atom is 0.322 e. The third-order valence-corrected chi connectivity index (χ3v) is 3.43. The van der Waals surface area contributed by atoms with E-state index in [-0.39, 0.29) is 0 Å². The van der Waals surface area contributed by atoms with Crippen LogP contribution in [0.25, 0.3) is 0 Å². The number of hydrogen-bond donors (Lipinski definition) is 2. The van der Waals surface area contributed by atoms with Gasteiger partial charge in [-0.1, -0.05) is 0 Å². The Morgan fingerprint density at radius 2 is 2.35 bits per heavy atom. The second-order valence-electron chi connectivity index (χ2n) is 5.17. The van der Waals surface area contributed by atoms with Crippen molar-refractivity contribution < 1.29 is 9.90 Å². The molecule has 0 amide bonds. The molecule has 0 aromatic heterocycles. The summed E-state index contributed by atoms with van der Waals surface area (Å²) < 4.78 is 0. The van der Waals surface area contributed by atoms with Crippen molar-refractivity contribution in [1.82, 2.24) is 15.1 Å². The van der Waals surface area contributed by atoms with E-state index in [2.05, 4.69) is 22.2 Å². The molecule has 2 N–H and O–H groups in total. The minimum absolute atomic E-state index is 0.471. The standard InChI is InChI=1S/C12H25N3O2/c1-13-11(12(16)17)9-15(3)8-10-5-4-6-14(2)7-10/h10-11,13H,4-9H2,1-3H3,(H,16,17). The van der Waals surface area contributed by atoms with Gasteiger partial charge in [0, 0.05) is 19.6 Å². The Kier molecular flexibility index (Phi) is 5.88. The number of nitrogens with zero attached hydrogens (tertiary/aromatic N) is 2. The molecule has 0 saturated carbocycles. The zero-order valence-electron chi connectivity index (χ0n) is 11.1. The highest BCUT2D eigenvalue weighted by molar-refractivity contribution is 5.73. The first-order chi connectivity index (χ1) is 8.02. The SMILES string of the molecule is CNC(CN(C)CC1CCCN(C)C1)C(=O)O. The number of nitrogens with one attached hydrogen (secondary N) is 1. The first-order valence-corrected chi connectivity index (χ1v) is 6.30. The van der Waals surface area contributed by atoms with Crippen molar-refractivity contribution >= 4 is 5.97 Å². The van der Waals surface area contributed by atoms with Crippen LogP contribution in [0.4, 0.5) is 0 Å². The second kappa shape index (κ2) is 6.93. The lowest BCUT2D eigenvalue weighted by Crippen LogP contribution is -2.46. The van der Waals surface area contributed by atoms with Gasteiger partial charge in [0.25, 0.3) is 0 Å². The largest absolute Gasteiger partial charge is 0.480 e. The van der Waals surface area contributed by atoms with Gasteiger partial charge in [0.1, 0.15) is 6.04 Å². The maximum absolute atomic E-state index is 10.9. The Morgan fingerprint density at radius 3 is 2.88 bits per heavy atom. The number of carboxylic acids is 1. The van der Waals surface area contributed by atoms with E-state index in [4.69, 9.17) is 5.11 Å². The van der Waals surface area contributed by atoms with Crippen LogP contribution >= 0.6 is 0 Å². The van der Waals surface area contributed by atoms with Gasteiger partial charge in [0.2, 0.25) is 0 Å². The molecule has 1 rings (SSSR count). The van der Waals surface area contributed by atoms with E-state index < -0.39 is 12.0 Å². The molecule has 1 heterocycles. The van der Waals surface area contributed by atoms with Gasteiger partial charge in [-0.15, -0.1) is 0 Å². The number of carbonyl (C=O) groups is 1. The zero-order valence-corrected chi connectivity index (χ0v) is 11.1. The summed E-state index contributed by atoms with van der Waals surface area (Å²) in [5, 5.41) is 11.8. The van der Waals surface area contributed by atoms with Crippen LogP contribution in [0.1, 0.15) is 12.8 Å². The Labute approximate surface area is 104 Å². The first kappa shape index (κ1) is 14.4. The highest BCUT2D eigenvalue weighted by atomic mass is 16.4. The molecule has 0 aromatic carbocycles. The van der Waals surface area contributed by atoms with Crippen molar-refractivity contribution in [2.75, 3.05) is 47.3 Å². The molecule has 0 spiro atoms. The Bertz CT molecular complexity index is 248. The Hall–Kier alpha value is -0.650. The fourth-order valence-electron chi connectivity index (χ4n) is 2.54. The molecule has 0 bridgehead atoms. The van der Waals surface area contributed by atoms with Gasteiger partial charge in [-0.3, -0.25) is 4.79 Å². The average Bonchev–Trinajstić information content (AvgIpc) is 2.25. The van der Waals surface area contributed by atoms with Crippen molar-refractivity contribution in [2.24, 2.45) is 5.92 Å². The number of rotatable bonds is 6. The van der Waals surface area contributed by atoms with Crippen LogP contribution in [-0.4, -0.2) is 74.2 Å². The fourth-order valence-corrected chi connectivity index (χ4v) is 2.54. The second-order valence-corrected chi connectivity index (χ2v) is 5.17. The van der Waals surface area contributed by atoms with Crippen LogP contribution < -0.4 is 5.32 Å². The first-order valence-electron chi connectivity index (χ1n) is 6.30. The normalized spacial score (nSPS) is 23.9. The van der Waals surface area contributed by atoms with Crippen LogP contribution in [0, 0.1) is 5.92 Å². The van der Waals surface area contributed by atoms with Crippen LogP contribution in [0.15, 0.2) is 0 Å². The van der Waals surface area contributed by atoms with E-state index >= 15 is 0 Å². The van der Waals surface area contributed by atoms with Crippen LogP contribution in [0.3, 0.4) is 0 Å². The topological polar surface area (TPSA) is 55.8 Å². The molecule has 2 atom stereocenters.